The number of nitrogens with zero attached hydrogens (tertiary/aromatic N) is 1. The number of hydrogen-bond acceptors (Lipinski definition) is 5. The summed E-state index contributed by atoms with van der Waals surface area (Å²) in [5.74, 6) is -2.70. The van der Waals surface area contributed by atoms with E-state index in [0.29, 0.717) is 12.3 Å². The number of carboxylic acid groups (broad SMARTS) is 1. The Labute approximate surface area is 211 Å². The second-order valence-corrected chi connectivity index (χ2v) is 10.9. The van der Waals surface area contributed by atoms with Crippen LogP contribution in [-0.4, -0.2) is 53.2 Å². The highest BCUT2D eigenvalue weighted by Crippen LogP contribution is 2.45. The molecule has 3 N–H and O–H groups in total. The molecule has 9 heteroatoms. The molecule has 1 aliphatic heterocycles. The molecule has 1 aromatic heterocycles. The first-order chi connectivity index (χ1) is 17.2. The largest absolute Gasteiger partial charge is 0.480 e. The molecule has 0 bridgehead atoms. The summed E-state index contributed by atoms with van der Waals surface area (Å²) >= 11 is 0. The summed E-state index contributed by atoms with van der Waals surface area (Å²) in [5.41, 5.74) is 1.49. The van der Waals surface area contributed by atoms with Crippen molar-refractivity contribution >= 4 is 17.7 Å². The van der Waals surface area contributed by atoms with Crippen molar-refractivity contribution in [1.29, 1.82) is 0 Å². The lowest BCUT2D eigenvalue weighted by atomic mass is 9.70. The van der Waals surface area contributed by atoms with E-state index in [1.165, 1.54) is 5.56 Å². The summed E-state index contributed by atoms with van der Waals surface area (Å²) in [6.07, 6.45) is 6.28. The predicted molar refractivity (Wildman–Crippen MR) is 132 cm³/mol. The maximum absolute atomic E-state index is 13.6. The van der Waals surface area contributed by atoms with Crippen LogP contribution in [0.15, 0.2) is 12.1 Å². The lowest BCUT2D eigenvalue weighted by molar-refractivity contribution is -0.148. The zero-order valence-electron chi connectivity index (χ0n) is 21.2. The first-order valence-electron chi connectivity index (χ1n) is 13.5. The molecule has 0 saturated heterocycles. The van der Waals surface area contributed by atoms with E-state index >= 15 is 0 Å². The van der Waals surface area contributed by atoms with Gasteiger partial charge in [-0.3, -0.25) is 4.79 Å². The Morgan fingerprint density at radius 2 is 2.00 bits per heavy atom. The standard InChI is InChI=1S/C27H39F2N3O4/c1-2-26(10-12-27(28,29)13-11-26)25(35)32-22(24(33)34)9-15-36-21-16-18(17-21)5-7-20-8-6-19-4-3-14-30-23(19)31-20/h6,8,18,21-22H,2-5,7,9-17H2,1H3,(H,30,31)(H,32,35)(H,33,34)/t18?,21?,22-/m0/s1. The van der Waals surface area contributed by atoms with Gasteiger partial charge in [-0.2, -0.15) is 0 Å². The highest BCUT2D eigenvalue weighted by atomic mass is 19.3. The van der Waals surface area contributed by atoms with Crippen molar-refractivity contribution in [3.63, 3.8) is 0 Å². The van der Waals surface area contributed by atoms with Crippen LogP contribution >= 0.6 is 0 Å². The molecule has 4 rings (SSSR count). The van der Waals surface area contributed by atoms with Crippen LogP contribution in [0.25, 0.3) is 0 Å². The number of alkyl halides is 2. The third kappa shape index (κ3) is 6.52. The van der Waals surface area contributed by atoms with Crippen LogP contribution in [-0.2, 0) is 27.2 Å². The van der Waals surface area contributed by atoms with Crippen LogP contribution in [0.5, 0.6) is 0 Å². The Balaban J connectivity index is 1.15. The molecule has 1 aromatic rings. The lowest BCUT2D eigenvalue weighted by Crippen LogP contribution is -2.51. The Kier molecular flexibility index (Phi) is 8.48. The van der Waals surface area contributed by atoms with Gasteiger partial charge in [0.25, 0.3) is 0 Å². The second-order valence-electron chi connectivity index (χ2n) is 10.9. The van der Waals surface area contributed by atoms with Crippen molar-refractivity contribution in [3.8, 4) is 0 Å². The van der Waals surface area contributed by atoms with Crippen LogP contribution in [0.4, 0.5) is 14.6 Å². The minimum atomic E-state index is -2.74. The molecular formula is C27H39F2N3O4. The molecule has 0 unspecified atom stereocenters. The van der Waals surface area contributed by atoms with Crippen molar-refractivity contribution in [2.75, 3.05) is 18.5 Å². The average molecular weight is 508 g/mol. The van der Waals surface area contributed by atoms with Crippen LogP contribution < -0.4 is 10.6 Å². The van der Waals surface area contributed by atoms with Gasteiger partial charge in [0.05, 0.1) is 6.10 Å². The number of aliphatic carboxylic acids is 1. The topological polar surface area (TPSA) is 101 Å². The monoisotopic (exact) mass is 507 g/mol. The van der Waals surface area contributed by atoms with E-state index in [2.05, 4.69) is 22.8 Å². The third-order valence-electron chi connectivity index (χ3n) is 8.41. The van der Waals surface area contributed by atoms with Gasteiger partial charge in [-0.05, 0) is 75.3 Å². The van der Waals surface area contributed by atoms with Gasteiger partial charge in [0.15, 0.2) is 0 Å². The van der Waals surface area contributed by atoms with Crippen molar-refractivity contribution in [2.45, 2.75) is 102 Å². The number of carbonyl (C=O) groups excluding carboxylic acids is 1. The van der Waals surface area contributed by atoms with Gasteiger partial charge >= 0.3 is 5.97 Å². The van der Waals surface area contributed by atoms with Crippen molar-refractivity contribution in [1.82, 2.24) is 10.3 Å². The number of nitrogens with one attached hydrogen (secondary N) is 2. The summed E-state index contributed by atoms with van der Waals surface area (Å²) in [5, 5.41) is 15.6. The van der Waals surface area contributed by atoms with Gasteiger partial charge < -0.3 is 20.5 Å². The van der Waals surface area contributed by atoms with Crippen molar-refractivity contribution in [3.05, 3.63) is 23.4 Å². The maximum Gasteiger partial charge on any atom is 0.326 e. The highest BCUT2D eigenvalue weighted by molar-refractivity contribution is 5.87. The highest BCUT2D eigenvalue weighted by Gasteiger charge is 2.47. The smallest absolute Gasteiger partial charge is 0.326 e. The molecular weight excluding hydrogens is 468 g/mol. The third-order valence-corrected chi connectivity index (χ3v) is 8.41. The molecule has 2 aliphatic carbocycles. The zero-order chi connectivity index (χ0) is 25.8. The summed E-state index contributed by atoms with van der Waals surface area (Å²) in [6.45, 7) is 3.02. The van der Waals surface area contributed by atoms with Gasteiger partial charge in [-0.25, -0.2) is 18.6 Å². The molecule has 1 atom stereocenters. The predicted octanol–water partition coefficient (Wildman–Crippen LogP) is 4.73. The van der Waals surface area contributed by atoms with E-state index in [1.807, 2.05) is 0 Å². The van der Waals surface area contributed by atoms with Gasteiger partial charge in [-0.1, -0.05) is 13.0 Å². The Bertz CT molecular complexity index is 926. The molecule has 3 aliphatic rings. The van der Waals surface area contributed by atoms with Crippen molar-refractivity contribution in [2.24, 2.45) is 11.3 Å². The number of aryl methyl sites for hydroxylation is 2. The quantitative estimate of drug-likeness (QED) is 0.400. The first-order valence-corrected chi connectivity index (χ1v) is 13.5. The normalized spacial score (nSPS) is 25.1. The van der Waals surface area contributed by atoms with Crippen LogP contribution in [0.2, 0.25) is 0 Å². The number of carboxylic acids is 1. The lowest BCUT2D eigenvalue weighted by Gasteiger charge is -2.39. The molecule has 2 saturated carbocycles. The van der Waals surface area contributed by atoms with E-state index in [9.17, 15) is 23.5 Å². The van der Waals surface area contributed by atoms with Crippen LogP contribution in [0, 0.1) is 11.3 Å². The average Bonchev–Trinajstić information content (AvgIpc) is 2.84. The number of aromatic nitrogens is 1. The molecule has 2 fully saturated rings. The number of halogens is 2. The molecule has 0 radical (unpaired) electrons. The molecule has 36 heavy (non-hydrogen) atoms. The summed E-state index contributed by atoms with van der Waals surface area (Å²) in [7, 11) is 0. The molecule has 0 spiro atoms. The second kappa shape index (κ2) is 11.4. The number of ether oxygens (including phenoxy) is 1. The van der Waals surface area contributed by atoms with Crippen LogP contribution in [0.3, 0.4) is 0 Å². The number of anilines is 1. The molecule has 0 aromatic carbocycles. The van der Waals surface area contributed by atoms with E-state index in [0.717, 1.165) is 56.6 Å². The maximum atomic E-state index is 13.6. The Hall–Kier alpha value is -2.29. The first kappa shape index (κ1) is 26.8. The van der Waals surface area contributed by atoms with Crippen molar-refractivity contribution < 1.29 is 28.2 Å². The SMILES string of the molecule is CCC1(C(=O)N[C@@H](CCOC2CC(CCc3ccc4c(n3)NCCC4)C2)C(=O)O)CCC(F)(F)CC1. The number of rotatable bonds is 11. The molecule has 7 nitrogen and oxygen atoms in total. The van der Waals surface area contributed by atoms with E-state index in [1.54, 1.807) is 6.92 Å². The molecule has 200 valence electrons. The number of carbonyl (C=O) groups is 2. The zero-order valence-corrected chi connectivity index (χ0v) is 21.2. The fourth-order valence-electron chi connectivity index (χ4n) is 5.66. The van der Waals surface area contributed by atoms with E-state index in [4.69, 9.17) is 9.72 Å². The number of fused-ring (bicyclic) bond motifs is 1. The fourth-order valence-corrected chi connectivity index (χ4v) is 5.66. The van der Waals surface area contributed by atoms with Gasteiger partial charge in [0.1, 0.15) is 11.9 Å². The van der Waals surface area contributed by atoms with Gasteiger partial charge in [-0.15, -0.1) is 0 Å². The minimum absolute atomic E-state index is 0.0755. The minimum Gasteiger partial charge on any atom is -0.480 e. The van der Waals surface area contributed by atoms with Crippen LogP contribution in [0.1, 0.15) is 82.4 Å². The molecule has 2 heterocycles. The van der Waals surface area contributed by atoms with E-state index < -0.39 is 29.3 Å². The number of amides is 1. The Morgan fingerprint density at radius 3 is 2.69 bits per heavy atom. The van der Waals surface area contributed by atoms with Gasteiger partial charge in [0, 0.05) is 43.5 Å². The van der Waals surface area contributed by atoms with E-state index in [-0.39, 0.29) is 44.8 Å². The molecule has 1 amide bonds. The Morgan fingerprint density at radius 1 is 1.25 bits per heavy atom. The summed E-state index contributed by atoms with van der Waals surface area (Å²) < 4.78 is 33.1. The number of pyridine rings is 1. The summed E-state index contributed by atoms with van der Waals surface area (Å²) in [6, 6.07) is 3.23. The summed E-state index contributed by atoms with van der Waals surface area (Å²) in [4.78, 5) is 29.4. The van der Waals surface area contributed by atoms with Gasteiger partial charge in [0.2, 0.25) is 11.8 Å². The fraction of sp³-hybridized carbons (Fsp3) is 0.741. The number of hydrogen-bond donors (Lipinski definition) is 3.